The molecule has 0 saturated carbocycles. The maximum absolute atomic E-state index is 13.9. The fourth-order valence-electron chi connectivity index (χ4n) is 1.70. The van der Waals surface area contributed by atoms with Crippen molar-refractivity contribution in [2.24, 2.45) is 0 Å². The first-order valence-electron chi connectivity index (χ1n) is 7.12. The lowest BCUT2D eigenvalue weighted by Crippen LogP contribution is -2.26. The van der Waals surface area contributed by atoms with E-state index in [2.05, 4.69) is 5.32 Å². The zero-order chi connectivity index (χ0) is 17.4. The molecule has 0 saturated heterocycles. The van der Waals surface area contributed by atoms with Gasteiger partial charge in [-0.05, 0) is 61.8 Å². The van der Waals surface area contributed by atoms with E-state index in [-0.39, 0.29) is 17.7 Å². The number of ether oxygens (including phenoxy) is 1. The smallest absolute Gasteiger partial charge is 0.343 e. The van der Waals surface area contributed by atoms with Gasteiger partial charge in [0.1, 0.15) is 11.4 Å². The van der Waals surface area contributed by atoms with Crippen LogP contribution in [0.2, 0.25) is 0 Å². The van der Waals surface area contributed by atoms with Gasteiger partial charge >= 0.3 is 5.97 Å². The summed E-state index contributed by atoms with van der Waals surface area (Å²) >= 11 is 1.98. The zero-order valence-corrected chi connectivity index (χ0v) is 15.5. The number of carbonyl (C=O) groups is 2. The van der Waals surface area contributed by atoms with Gasteiger partial charge in [0.15, 0.2) is 0 Å². The molecule has 0 aromatic heterocycles. The molecule has 0 amide bonds. The topological polar surface area (TPSA) is 58.6 Å². The van der Waals surface area contributed by atoms with Crippen molar-refractivity contribution in [1.82, 2.24) is 10.2 Å². The third kappa shape index (κ3) is 6.26. The summed E-state index contributed by atoms with van der Waals surface area (Å²) in [6.45, 7) is 3.04. The number of benzene rings is 1. The molecule has 1 aromatic carbocycles. The minimum absolute atomic E-state index is 0.135. The summed E-state index contributed by atoms with van der Waals surface area (Å²) in [5, 5.41) is 2.89. The molecule has 0 aliphatic carbocycles. The monoisotopic (exact) mass is 434 g/mol. The average molecular weight is 434 g/mol. The minimum Gasteiger partial charge on any atom is -0.462 e. The SMILES string of the molecule is CCOC(=O)/C(=C\NCCN(C)C)C(=O)c1cc(I)ccc1F. The normalized spacial score (nSPS) is 11.5. The highest BCUT2D eigenvalue weighted by Gasteiger charge is 2.24. The fourth-order valence-corrected chi connectivity index (χ4v) is 2.20. The Bertz CT molecular complexity index is 603. The summed E-state index contributed by atoms with van der Waals surface area (Å²) in [7, 11) is 3.81. The van der Waals surface area contributed by atoms with Crippen LogP contribution in [0.1, 0.15) is 17.3 Å². The van der Waals surface area contributed by atoms with Gasteiger partial charge in [-0.1, -0.05) is 0 Å². The third-order valence-corrected chi connectivity index (χ3v) is 3.53. The number of likely N-dealkylation sites (N-methyl/N-ethyl adjacent to an activating group) is 1. The number of nitrogens with one attached hydrogen (secondary N) is 1. The number of nitrogens with zero attached hydrogens (tertiary/aromatic N) is 1. The molecule has 0 fully saturated rings. The van der Waals surface area contributed by atoms with Crippen molar-refractivity contribution < 1.29 is 18.7 Å². The molecule has 23 heavy (non-hydrogen) atoms. The Hall–Kier alpha value is -1.48. The van der Waals surface area contributed by atoms with Crippen LogP contribution in [0.25, 0.3) is 0 Å². The first-order chi connectivity index (χ1) is 10.9. The lowest BCUT2D eigenvalue weighted by atomic mass is 10.0. The van der Waals surface area contributed by atoms with Crippen molar-refractivity contribution in [2.75, 3.05) is 33.8 Å². The molecule has 1 N–H and O–H groups in total. The molecule has 5 nitrogen and oxygen atoms in total. The number of rotatable bonds is 8. The van der Waals surface area contributed by atoms with Crippen LogP contribution >= 0.6 is 22.6 Å². The molecule has 0 aliphatic rings. The Balaban J connectivity index is 3.03. The Kier molecular flexibility index (Phi) is 8.18. The van der Waals surface area contributed by atoms with E-state index in [1.165, 1.54) is 18.3 Å². The van der Waals surface area contributed by atoms with Gasteiger partial charge in [-0.2, -0.15) is 0 Å². The first kappa shape index (κ1) is 19.6. The van der Waals surface area contributed by atoms with Gasteiger partial charge in [-0.3, -0.25) is 4.79 Å². The largest absolute Gasteiger partial charge is 0.462 e. The van der Waals surface area contributed by atoms with E-state index < -0.39 is 17.6 Å². The quantitative estimate of drug-likeness (QED) is 0.129. The molecule has 0 bridgehead atoms. The van der Waals surface area contributed by atoms with E-state index in [9.17, 15) is 14.0 Å². The van der Waals surface area contributed by atoms with Crippen molar-refractivity contribution >= 4 is 34.3 Å². The molecule has 0 atom stereocenters. The van der Waals surface area contributed by atoms with Crippen LogP contribution in [-0.2, 0) is 9.53 Å². The van der Waals surface area contributed by atoms with Gasteiger partial charge in [0.25, 0.3) is 0 Å². The molecule has 0 heterocycles. The Morgan fingerprint density at radius 3 is 2.70 bits per heavy atom. The predicted molar refractivity (Wildman–Crippen MR) is 94.7 cm³/mol. The second-order valence-corrected chi connectivity index (χ2v) is 6.23. The second kappa shape index (κ2) is 9.61. The van der Waals surface area contributed by atoms with Gasteiger partial charge in [-0.15, -0.1) is 0 Å². The van der Waals surface area contributed by atoms with Gasteiger partial charge in [0.2, 0.25) is 5.78 Å². The lowest BCUT2D eigenvalue weighted by molar-refractivity contribution is -0.138. The van der Waals surface area contributed by atoms with Gasteiger partial charge < -0.3 is 15.0 Å². The maximum Gasteiger partial charge on any atom is 0.343 e. The van der Waals surface area contributed by atoms with Crippen molar-refractivity contribution in [1.29, 1.82) is 0 Å². The standard InChI is InChI=1S/C16H20FIN2O3/c1-4-23-16(22)13(10-19-7-8-20(2)3)15(21)12-9-11(18)5-6-14(12)17/h5-6,9-10,19H,4,7-8H2,1-3H3/b13-10-. The molecule has 126 valence electrons. The number of esters is 1. The molecule has 0 aliphatic heterocycles. The Labute approximate surface area is 149 Å². The van der Waals surface area contributed by atoms with Crippen LogP contribution in [0.4, 0.5) is 4.39 Å². The van der Waals surface area contributed by atoms with Gasteiger partial charge in [0, 0.05) is 22.9 Å². The fraction of sp³-hybridized carbons (Fsp3) is 0.375. The summed E-state index contributed by atoms with van der Waals surface area (Å²) in [5.41, 5.74) is -0.364. The van der Waals surface area contributed by atoms with Crippen molar-refractivity contribution in [3.63, 3.8) is 0 Å². The van der Waals surface area contributed by atoms with Crippen LogP contribution < -0.4 is 5.32 Å². The van der Waals surface area contributed by atoms with E-state index in [0.29, 0.717) is 10.1 Å². The number of halogens is 2. The minimum atomic E-state index is -0.770. The number of Topliss-reactive ketones (excluding diaryl/α,β-unsaturated/α-hetero) is 1. The Morgan fingerprint density at radius 1 is 1.39 bits per heavy atom. The highest BCUT2D eigenvalue weighted by atomic mass is 127. The molecule has 0 spiro atoms. The van der Waals surface area contributed by atoms with E-state index in [1.807, 2.05) is 41.6 Å². The van der Waals surface area contributed by atoms with E-state index >= 15 is 0 Å². The Morgan fingerprint density at radius 2 is 2.09 bits per heavy atom. The average Bonchev–Trinajstić information content (AvgIpc) is 2.49. The van der Waals surface area contributed by atoms with Crippen LogP contribution in [0.15, 0.2) is 30.0 Å². The first-order valence-corrected chi connectivity index (χ1v) is 8.19. The number of ketones is 1. The second-order valence-electron chi connectivity index (χ2n) is 4.99. The third-order valence-electron chi connectivity index (χ3n) is 2.86. The number of hydrogen-bond donors (Lipinski definition) is 1. The predicted octanol–water partition coefficient (Wildman–Crippen LogP) is 2.21. The van der Waals surface area contributed by atoms with Crippen LogP contribution in [0.3, 0.4) is 0 Å². The molecule has 0 unspecified atom stereocenters. The number of carbonyl (C=O) groups excluding carboxylic acids is 2. The highest BCUT2D eigenvalue weighted by molar-refractivity contribution is 14.1. The van der Waals surface area contributed by atoms with Crippen LogP contribution in [0, 0.1) is 9.39 Å². The van der Waals surface area contributed by atoms with Gasteiger partial charge in [-0.25, -0.2) is 9.18 Å². The summed E-state index contributed by atoms with van der Waals surface area (Å²) in [6, 6.07) is 4.16. The summed E-state index contributed by atoms with van der Waals surface area (Å²) in [4.78, 5) is 26.4. The highest BCUT2D eigenvalue weighted by Crippen LogP contribution is 2.17. The van der Waals surface area contributed by atoms with Crippen molar-refractivity contribution in [3.8, 4) is 0 Å². The molecule has 0 radical (unpaired) electrons. The van der Waals surface area contributed by atoms with E-state index in [1.54, 1.807) is 13.0 Å². The van der Waals surface area contributed by atoms with Crippen molar-refractivity contribution in [3.05, 3.63) is 44.9 Å². The van der Waals surface area contributed by atoms with Crippen molar-refractivity contribution in [2.45, 2.75) is 6.92 Å². The van der Waals surface area contributed by atoms with Gasteiger partial charge in [0.05, 0.1) is 12.2 Å². The van der Waals surface area contributed by atoms with E-state index in [4.69, 9.17) is 4.74 Å². The molecular weight excluding hydrogens is 414 g/mol. The van der Waals surface area contributed by atoms with Crippen LogP contribution in [0.5, 0.6) is 0 Å². The molecule has 7 heteroatoms. The maximum atomic E-state index is 13.9. The molecular formula is C16H20FIN2O3. The summed E-state index contributed by atoms with van der Waals surface area (Å²) in [5.74, 6) is -2.14. The van der Waals surface area contributed by atoms with Crippen LogP contribution in [-0.4, -0.2) is 50.4 Å². The zero-order valence-electron chi connectivity index (χ0n) is 13.4. The number of hydrogen-bond acceptors (Lipinski definition) is 5. The van der Waals surface area contributed by atoms with E-state index in [0.717, 1.165) is 6.54 Å². The summed E-state index contributed by atoms with van der Waals surface area (Å²) < 4.78 is 19.5. The molecule has 1 aromatic rings. The lowest BCUT2D eigenvalue weighted by Gasteiger charge is -2.11. The summed E-state index contributed by atoms with van der Waals surface area (Å²) in [6.07, 6.45) is 1.29. The molecule has 1 rings (SSSR count).